The van der Waals surface area contributed by atoms with Crippen LogP contribution in [0.15, 0.2) is 0 Å². The third-order valence-electron chi connectivity index (χ3n) is 16.9. The minimum absolute atomic E-state index is 0.106. The number of hydrogen-bond acceptors (Lipinski definition) is 15. The van der Waals surface area contributed by atoms with E-state index < -0.39 is 97.5 Å². The van der Waals surface area contributed by atoms with Gasteiger partial charge in [-0.15, -0.1) is 0 Å². The Morgan fingerprint density at radius 1 is 0.293 bits per heavy atom. The van der Waals surface area contributed by atoms with Crippen molar-refractivity contribution in [2.24, 2.45) is 17.8 Å². The first kappa shape index (κ1) is 90.1. The van der Waals surface area contributed by atoms with Crippen molar-refractivity contribution in [1.82, 2.24) is 0 Å². The molecule has 0 fully saturated rings. The van der Waals surface area contributed by atoms with E-state index >= 15 is 0 Å². The molecular weight excluding hydrogens is 1210 g/mol. The van der Waals surface area contributed by atoms with Crippen molar-refractivity contribution in [2.75, 3.05) is 39.6 Å². The maximum atomic E-state index is 13.0. The van der Waals surface area contributed by atoms with E-state index in [1.807, 2.05) is 0 Å². The van der Waals surface area contributed by atoms with E-state index in [0.29, 0.717) is 31.6 Å². The number of hydrogen-bond donors (Lipinski definition) is 3. The lowest BCUT2D eigenvalue weighted by Gasteiger charge is -2.21. The van der Waals surface area contributed by atoms with Gasteiger partial charge in [-0.3, -0.25) is 37.3 Å². The molecule has 0 heterocycles. The number of aliphatic hydroxyl groups excluding tert-OH is 1. The highest BCUT2D eigenvalue weighted by Crippen LogP contribution is 2.45. The van der Waals surface area contributed by atoms with Gasteiger partial charge in [-0.05, 0) is 43.4 Å². The van der Waals surface area contributed by atoms with Gasteiger partial charge in [0.25, 0.3) is 0 Å². The zero-order valence-electron chi connectivity index (χ0n) is 60.0. The molecule has 5 atom stereocenters. The summed E-state index contributed by atoms with van der Waals surface area (Å²) in [6.07, 6.45) is 48.9. The molecule has 546 valence electrons. The molecule has 0 saturated heterocycles. The number of unbranched alkanes of at least 4 members (excludes halogenated alkanes) is 39. The number of rotatable bonds is 71. The Hall–Kier alpha value is -1.94. The lowest BCUT2D eigenvalue weighted by atomic mass is 10.0. The highest BCUT2D eigenvalue weighted by atomic mass is 31.2. The summed E-state index contributed by atoms with van der Waals surface area (Å²) in [4.78, 5) is 72.5. The van der Waals surface area contributed by atoms with Gasteiger partial charge in [0, 0.05) is 25.7 Å². The zero-order valence-corrected chi connectivity index (χ0v) is 61.8. The molecule has 3 N–H and O–H groups in total. The number of phosphoric ester groups is 2. The van der Waals surface area contributed by atoms with Crippen molar-refractivity contribution in [3.05, 3.63) is 0 Å². The fourth-order valence-electron chi connectivity index (χ4n) is 11.1. The van der Waals surface area contributed by atoms with E-state index in [1.54, 1.807) is 0 Å². The largest absolute Gasteiger partial charge is 0.472 e. The predicted octanol–water partition coefficient (Wildman–Crippen LogP) is 21.0. The Balaban J connectivity index is 5.17. The summed E-state index contributed by atoms with van der Waals surface area (Å²) in [5.41, 5.74) is 0. The van der Waals surface area contributed by atoms with Crippen molar-refractivity contribution in [1.29, 1.82) is 0 Å². The van der Waals surface area contributed by atoms with E-state index in [4.69, 9.17) is 37.0 Å². The standard InChI is InChI=1S/C73H142O17P2/c1-8-9-10-11-12-13-22-26-33-42-49-56-72(77)90-69(61-84-71(76)55-48-41-36-35-39-46-53-66(6)7)63-88-92(81,82)86-59-67(74)58-85-91(79,80)87-62-68(60-83-70(75)54-47-40-32-29-28-31-38-45-52-65(4)5)89-73(78)57-50-43-34-27-24-21-19-17-15-14-16-18-20-23-25-30-37-44-51-64(2)3/h64-69,74H,8-63H2,1-7H3,(H,79,80)(H,81,82)/t67-,68-,69-/m1/s1. The predicted molar refractivity (Wildman–Crippen MR) is 372 cm³/mol. The number of phosphoric acid groups is 2. The van der Waals surface area contributed by atoms with Gasteiger partial charge in [-0.1, -0.05) is 318 Å². The van der Waals surface area contributed by atoms with E-state index in [-0.39, 0.29) is 25.7 Å². The van der Waals surface area contributed by atoms with Crippen LogP contribution in [0.25, 0.3) is 0 Å². The molecule has 0 aromatic heterocycles. The van der Waals surface area contributed by atoms with Gasteiger partial charge in [0.1, 0.15) is 19.3 Å². The lowest BCUT2D eigenvalue weighted by molar-refractivity contribution is -0.161. The van der Waals surface area contributed by atoms with Crippen LogP contribution in [0.3, 0.4) is 0 Å². The second-order valence-corrected chi connectivity index (χ2v) is 30.7. The van der Waals surface area contributed by atoms with Crippen LogP contribution in [-0.4, -0.2) is 96.7 Å². The van der Waals surface area contributed by atoms with Gasteiger partial charge in [-0.2, -0.15) is 0 Å². The molecule has 0 spiro atoms. The number of carbonyl (C=O) groups is 4. The molecule has 92 heavy (non-hydrogen) atoms. The SMILES string of the molecule is CCCCCCCCCCCCCC(=O)O[C@H](COC(=O)CCCCCCCCC(C)C)COP(=O)(O)OC[C@H](O)COP(=O)(O)OC[C@@H](COC(=O)CCCCCCCCCCC(C)C)OC(=O)CCCCCCCCCCCCCCCCCCCCC(C)C. The maximum Gasteiger partial charge on any atom is 0.472 e. The smallest absolute Gasteiger partial charge is 0.462 e. The second kappa shape index (κ2) is 63.8. The van der Waals surface area contributed by atoms with Crippen LogP contribution in [0.2, 0.25) is 0 Å². The normalized spacial score (nSPS) is 14.1. The number of carbonyl (C=O) groups excluding carboxylic acids is 4. The van der Waals surface area contributed by atoms with Crippen LogP contribution < -0.4 is 0 Å². The highest BCUT2D eigenvalue weighted by molar-refractivity contribution is 7.47. The van der Waals surface area contributed by atoms with Crippen LogP contribution in [0.1, 0.15) is 370 Å². The highest BCUT2D eigenvalue weighted by Gasteiger charge is 2.30. The molecule has 17 nitrogen and oxygen atoms in total. The Labute approximate surface area is 562 Å². The first-order valence-electron chi connectivity index (χ1n) is 37.8. The molecule has 0 aliphatic heterocycles. The summed E-state index contributed by atoms with van der Waals surface area (Å²) < 4.78 is 68.3. The monoisotopic (exact) mass is 1350 g/mol. The molecule has 0 saturated carbocycles. The minimum Gasteiger partial charge on any atom is -0.462 e. The average Bonchev–Trinajstić information content (AvgIpc) is 3.42. The molecule has 0 rings (SSSR count). The third kappa shape index (κ3) is 66.7. The second-order valence-electron chi connectivity index (χ2n) is 27.8. The first-order chi connectivity index (χ1) is 44.2. The molecule has 0 bridgehead atoms. The zero-order chi connectivity index (χ0) is 68.0. The number of esters is 4. The molecule has 0 amide bonds. The van der Waals surface area contributed by atoms with E-state index in [2.05, 4.69) is 48.5 Å². The van der Waals surface area contributed by atoms with Crippen molar-refractivity contribution in [2.45, 2.75) is 388 Å². The van der Waals surface area contributed by atoms with Crippen LogP contribution in [0.5, 0.6) is 0 Å². The molecular formula is C73H142O17P2. The van der Waals surface area contributed by atoms with Crippen molar-refractivity contribution in [3.8, 4) is 0 Å². The molecule has 0 radical (unpaired) electrons. The van der Waals surface area contributed by atoms with Gasteiger partial charge >= 0.3 is 39.5 Å². The summed E-state index contributed by atoms with van der Waals surface area (Å²) in [5.74, 6) is 0.101. The summed E-state index contributed by atoms with van der Waals surface area (Å²) in [6, 6.07) is 0. The van der Waals surface area contributed by atoms with Crippen LogP contribution in [0.4, 0.5) is 0 Å². The van der Waals surface area contributed by atoms with Gasteiger partial charge in [0.15, 0.2) is 12.2 Å². The summed E-state index contributed by atoms with van der Waals surface area (Å²) >= 11 is 0. The number of aliphatic hydroxyl groups is 1. The van der Waals surface area contributed by atoms with E-state index in [9.17, 15) is 43.2 Å². The topological polar surface area (TPSA) is 237 Å². The Morgan fingerprint density at radius 2 is 0.500 bits per heavy atom. The summed E-state index contributed by atoms with van der Waals surface area (Å²) in [7, 11) is -9.90. The van der Waals surface area contributed by atoms with Crippen molar-refractivity contribution >= 4 is 39.5 Å². The van der Waals surface area contributed by atoms with Gasteiger partial charge < -0.3 is 33.8 Å². The fraction of sp³-hybridized carbons (Fsp3) is 0.945. The molecule has 19 heteroatoms. The molecule has 2 unspecified atom stereocenters. The quantitative estimate of drug-likeness (QED) is 0.0222. The third-order valence-corrected chi connectivity index (χ3v) is 18.8. The molecule has 0 aromatic rings. The Bertz CT molecular complexity index is 1800. The summed E-state index contributed by atoms with van der Waals surface area (Å²) in [5, 5.41) is 10.6. The Kier molecular flexibility index (Phi) is 62.4. The van der Waals surface area contributed by atoms with Crippen LogP contribution >= 0.6 is 15.6 Å². The van der Waals surface area contributed by atoms with Crippen LogP contribution in [0, 0.1) is 17.8 Å². The Morgan fingerprint density at radius 3 is 0.739 bits per heavy atom. The first-order valence-corrected chi connectivity index (χ1v) is 40.8. The van der Waals surface area contributed by atoms with E-state index in [0.717, 1.165) is 108 Å². The van der Waals surface area contributed by atoms with E-state index in [1.165, 1.54) is 173 Å². The maximum absolute atomic E-state index is 13.0. The molecule has 0 aromatic carbocycles. The summed E-state index contributed by atoms with van der Waals surface area (Å²) in [6.45, 7) is 11.8. The average molecular weight is 1350 g/mol. The molecule has 0 aliphatic rings. The molecule has 0 aliphatic carbocycles. The van der Waals surface area contributed by atoms with Gasteiger partial charge in [-0.25, -0.2) is 9.13 Å². The van der Waals surface area contributed by atoms with Gasteiger partial charge in [0.05, 0.1) is 26.4 Å². The van der Waals surface area contributed by atoms with Crippen molar-refractivity contribution in [3.63, 3.8) is 0 Å². The van der Waals surface area contributed by atoms with Crippen LogP contribution in [-0.2, 0) is 65.4 Å². The van der Waals surface area contributed by atoms with Crippen molar-refractivity contribution < 1.29 is 80.2 Å². The fourth-order valence-corrected chi connectivity index (χ4v) is 12.7. The lowest BCUT2D eigenvalue weighted by Crippen LogP contribution is -2.30. The van der Waals surface area contributed by atoms with Gasteiger partial charge in [0.2, 0.25) is 0 Å². The number of ether oxygens (including phenoxy) is 4. The minimum atomic E-state index is -4.95.